The average Bonchev–Trinajstić information content (AvgIpc) is 3.10. The molecule has 2 aromatic carbocycles. The molecule has 146 valence electrons. The molecule has 5 nitrogen and oxygen atoms in total. The highest BCUT2D eigenvalue weighted by Crippen LogP contribution is 2.30. The first-order chi connectivity index (χ1) is 13.3. The van der Waals surface area contributed by atoms with Crippen molar-refractivity contribution in [1.29, 1.82) is 0 Å². The number of thioether (sulfide) groups is 1. The number of carbonyl (C=O) groups excluding carboxylic acids is 1. The molecule has 1 aromatic heterocycles. The van der Waals surface area contributed by atoms with Gasteiger partial charge in [-0.1, -0.05) is 72.7 Å². The van der Waals surface area contributed by atoms with Crippen LogP contribution in [0.4, 0.5) is 0 Å². The van der Waals surface area contributed by atoms with Crippen molar-refractivity contribution in [2.24, 2.45) is 0 Å². The van der Waals surface area contributed by atoms with Crippen molar-refractivity contribution in [2.75, 3.05) is 12.9 Å². The first kappa shape index (κ1) is 20.6. The second-order valence-electron chi connectivity index (χ2n) is 7.31. The summed E-state index contributed by atoms with van der Waals surface area (Å²) in [7, 11) is 1.38. The van der Waals surface area contributed by atoms with E-state index in [0.717, 1.165) is 21.5 Å². The summed E-state index contributed by atoms with van der Waals surface area (Å²) in [5.74, 6) is 0.607. The molecule has 0 radical (unpaired) electrons. The molecule has 28 heavy (non-hydrogen) atoms. The van der Waals surface area contributed by atoms with Gasteiger partial charge < -0.3 is 4.74 Å². The van der Waals surface area contributed by atoms with Crippen molar-refractivity contribution in [1.82, 2.24) is 14.8 Å². The molecule has 0 saturated carbocycles. The van der Waals surface area contributed by atoms with E-state index < -0.39 is 0 Å². The van der Waals surface area contributed by atoms with E-state index >= 15 is 0 Å². The van der Waals surface area contributed by atoms with E-state index in [1.807, 2.05) is 28.8 Å². The van der Waals surface area contributed by atoms with Crippen molar-refractivity contribution >= 4 is 33.7 Å². The van der Waals surface area contributed by atoms with Gasteiger partial charge in [0.25, 0.3) is 0 Å². The molecule has 0 aliphatic rings. The van der Waals surface area contributed by atoms with E-state index in [2.05, 4.69) is 71.2 Å². The molecule has 0 N–H and O–H groups in total. The maximum Gasteiger partial charge on any atom is 0.316 e. The molecule has 7 heteroatoms. The van der Waals surface area contributed by atoms with Gasteiger partial charge in [0.1, 0.15) is 0 Å². The quantitative estimate of drug-likeness (QED) is 0.384. The summed E-state index contributed by atoms with van der Waals surface area (Å²) in [6.07, 6.45) is 0. The maximum atomic E-state index is 11.6. The van der Waals surface area contributed by atoms with Gasteiger partial charge in [0.2, 0.25) is 0 Å². The Bertz CT molecular complexity index is 961. The summed E-state index contributed by atoms with van der Waals surface area (Å²) in [5, 5.41) is 9.38. The van der Waals surface area contributed by atoms with Gasteiger partial charge in [-0.25, -0.2) is 0 Å². The zero-order valence-corrected chi connectivity index (χ0v) is 18.7. The monoisotopic (exact) mass is 459 g/mol. The summed E-state index contributed by atoms with van der Waals surface area (Å²) in [6, 6.07) is 16.3. The first-order valence-corrected chi connectivity index (χ1v) is 10.6. The first-order valence-electron chi connectivity index (χ1n) is 8.81. The van der Waals surface area contributed by atoms with Gasteiger partial charge in [-0.05, 0) is 35.2 Å². The Hall–Kier alpha value is -2.12. The second-order valence-corrected chi connectivity index (χ2v) is 9.17. The van der Waals surface area contributed by atoms with Gasteiger partial charge in [0.15, 0.2) is 11.0 Å². The van der Waals surface area contributed by atoms with E-state index in [1.165, 1.54) is 24.4 Å². The van der Waals surface area contributed by atoms with Crippen molar-refractivity contribution in [3.63, 3.8) is 0 Å². The van der Waals surface area contributed by atoms with Crippen LogP contribution in [0.25, 0.3) is 17.1 Å². The number of esters is 1. The SMILES string of the molecule is COC(=O)CSc1nnc(-c2ccc(C(C)(C)C)cc2)n1-c1ccc(Br)cc1. The fraction of sp³-hybridized carbons (Fsp3) is 0.286. The predicted molar refractivity (Wildman–Crippen MR) is 116 cm³/mol. The molecular weight excluding hydrogens is 438 g/mol. The van der Waals surface area contributed by atoms with Crippen LogP contribution in [0.1, 0.15) is 26.3 Å². The zero-order valence-electron chi connectivity index (χ0n) is 16.3. The predicted octanol–water partition coefficient (Wildman–Crippen LogP) is 5.26. The fourth-order valence-corrected chi connectivity index (χ4v) is 3.72. The number of benzene rings is 2. The van der Waals surface area contributed by atoms with Crippen LogP contribution < -0.4 is 0 Å². The smallest absolute Gasteiger partial charge is 0.316 e. The Morgan fingerprint density at radius 2 is 1.71 bits per heavy atom. The Morgan fingerprint density at radius 3 is 2.29 bits per heavy atom. The molecule has 0 fully saturated rings. The number of nitrogens with zero attached hydrogens (tertiary/aromatic N) is 3. The van der Waals surface area contributed by atoms with Crippen LogP contribution in [0.3, 0.4) is 0 Å². The molecule has 0 bridgehead atoms. The van der Waals surface area contributed by atoms with E-state index in [1.54, 1.807) is 0 Å². The van der Waals surface area contributed by atoms with Crippen LogP contribution >= 0.6 is 27.7 Å². The molecule has 0 spiro atoms. The molecule has 0 atom stereocenters. The van der Waals surface area contributed by atoms with Gasteiger partial charge in [-0.2, -0.15) is 0 Å². The number of methoxy groups -OCH3 is 1. The van der Waals surface area contributed by atoms with Gasteiger partial charge in [0, 0.05) is 15.7 Å². The van der Waals surface area contributed by atoms with Crippen LogP contribution in [0, 0.1) is 0 Å². The highest BCUT2D eigenvalue weighted by molar-refractivity contribution is 9.10. The number of ether oxygens (including phenoxy) is 1. The molecule has 0 saturated heterocycles. The average molecular weight is 460 g/mol. The minimum atomic E-state index is -0.300. The molecule has 0 amide bonds. The largest absolute Gasteiger partial charge is 0.468 e. The lowest BCUT2D eigenvalue weighted by Crippen LogP contribution is -2.10. The number of aromatic nitrogens is 3. The van der Waals surface area contributed by atoms with Crippen LogP contribution in [0.5, 0.6) is 0 Å². The lowest BCUT2D eigenvalue weighted by Gasteiger charge is -2.19. The van der Waals surface area contributed by atoms with Crippen molar-refractivity contribution in [3.05, 3.63) is 58.6 Å². The number of carbonyl (C=O) groups is 1. The third-order valence-corrected chi connectivity index (χ3v) is 5.71. The van der Waals surface area contributed by atoms with Crippen LogP contribution in [0.15, 0.2) is 58.2 Å². The Balaban J connectivity index is 2.04. The van der Waals surface area contributed by atoms with Crippen molar-refractivity contribution in [3.8, 4) is 17.1 Å². The van der Waals surface area contributed by atoms with E-state index in [4.69, 9.17) is 4.74 Å². The minimum Gasteiger partial charge on any atom is -0.468 e. The lowest BCUT2D eigenvalue weighted by atomic mass is 9.87. The lowest BCUT2D eigenvalue weighted by molar-refractivity contribution is -0.137. The zero-order chi connectivity index (χ0) is 20.3. The molecule has 1 heterocycles. The Morgan fingerprint density at radius 1 is 1.07 bits per heavy atom. The normalized spacial score (nSPS) is 11.5. The standard InChI is InChI=1S/C21H22BrN3O2S/c1-21(2,3)15-7-5-14(6-8-15)19-23-24-20(28-13-18(26)27-4)25(19)17-11-9-16(22)10-12-17/h5-12H,13H2,1-4H3. The van der Waals surface area contributed by atoms with Crippen LogP contribution in [-0.2, 0) is 14.9 Å². The number of hydrogen-bond acceptors (Lipinski definition) is 5. The molecule has 0 aliphatic carbocycles. The third kappa shape index (κ3) is 4.64. The molecule has 0 unspecified atom stereocenters. The van der Waals surface area contributed by atoms with Crippen molar-refractivity contribution in [2.45, 2.75) is 31.3 Å². The molecule has 0 aliphatic heterocycles. The fourth-order valence-electron chi connectivity index (χ4n) is 2.68. The molecule has 3 rings (SSSR count). The topological polar surface area (TPSA) is 57.0 Å². The van der Waals surface area contributed by atoms with Gasteiger partial charge >= 0.3 is 5.97 Å². The second kappa shape index (κ2) is 8.49. The number of halogens is 1. The third-order valence-electron chi connectivity index (χ3n) is 4.27. The summed E-state index contributed by atoms with van der Waals surface area (Å²) in [5.41, 5.74) is 3.23. The summed E-state index contributed by atoms with van der Waals surface area (Å²) in [4.78, 5) is 11.6. The van der Waals surface area contributed by atoms with E-state index in [9.17, 15) is 4.79 Å². The Labute approximate surface area is 177 Å². The van der Waals surface area contributed by atoms with Gasteiger partial charge in [-0.3, -0.25) is 9.36 Å². The summed E-state index contributed by atoms with van der Waals surface area (Å²) < 4.78 is 7.70. The maximum absolute atomic E-state index is 11.6. The van der Waals surface area contributed by atoms with Crippen molar-refractivity contribution < 1.29 is 9.53 Å². The van der Waals surface area contributed by atoms with E-state index in [0.29, 0.717) is 5.16 Å². The van der Waals surface area contributed by atoms with Crippen LogP contribution in [0.2, 0.25) is 0 Å². The number of hydrogen-bond donors (Lipinski definition) is 0. The summed E-state index contributed by atoms with van der Waals surface area (Å²) >= 11 is 4.77. The highest BCUT2D eigenvalue weighted by atomic mass is 79.9. The summed E-state index contributed by atoms with van der Waals surface area (Å²) in [6.45, 7) is 6.57. The van der Waals surface area contributed by atoms with E-state index in [-0.39, 0.29) is 17.1 Å². The molecular formula is C21H22BrN3O2S. The minimum absolute atomic E-state index is 0.0828. The highest BCUT2D eigenvalue weighted by Gasteiger charge is 2.19. The molecule has 3 aromatic rings. The van der Waals surface area contributed by atoms with Gasteiger partial charge in [0.05, 0.1) is 12.9 Å². The Kier molecular flexibility index (Phi) is 6.25. The van der Waals surface area contributed by atoms with Crippen LogP contribution in [-0.4, -0.2) is 33.6 Å². The number of rotatable bonds is 5. The van der Waals surface area contributed by atoms with Gasteiger partial charge in [-0.15, -0.1) is 10.2 Å².